The molecule has 0 spiro atoms. The Morgan fingerprint density at radius 3 is 2.80 bits per heavy atom. The third kappa shape index (κ3) is 4.23. The molecule has 3 rings (SSSR count). The molecule has 1 heterocycles. The molecule has 1 N–H and O–H groups in total. The number of nitrogens with one attached hydrogen (secondary N) is 1. The number of nitrogens with zero attached hydrogens (tertiary/aromatic N) is 1. The van der Waals surface area contributed by atoms with E-state index in [1.165, 1.54) is 0 Å². The number of carbonyl (C=O) groups is 1. The Kier molecular flexibility index (Phi) is 5.43. The van der Waals surface area contributed by atoms with Crippen LogP contribution in [0.2, 0.25) is 0 Å². The topological polar surface area (TPSA) is 50.8 Å². The van der Waals surface area contributed by atoms with Crippen LogP contribution in [0, 0.1) is 0 Å². The van der Waals surface area contributed by atoms with Gasteiger partial charge in [-0.15, -0.1) is 0 Å². The molecule has 0 saturated carbocycles. The molecule has 1 aliphatic heterocycles. The summed E-state index contributed by atoms with van der Waals surface area (Å²) >= 11 is 0. The van der Waals surface area contributed by atoms with Crippen LogP contribution in [0.5, 0.6) is 5.75 Å². The molecule has 0 radical (unpaired) electrons. The first-order valence-electron chi connectivity index (χ1n) is 8.77. The van der Waals surface area contributed by atoms with Crippen LogP contribution in [-0.2, 0) is 11.3 Å². The minimum absolute atomic E-state index is 0.0292. The molecule has 0 aromatic heterocycles. The molecule has 0 aliphatic carbocycles. The van der Waals surface area contributed by atoms with E-state index in [1.54, 1.807) is 12.0 Å². The van der Waals surface area contributed by atoms with Gasteiger partial charge in [0.2, 0.25) is 0 Å². The lowest BCUT2D eigenvalue weighted by atomic mass is 10.1. The van der Waals surface area contributed by atoms with Crippen molar-refractivity contribution in [3.05, 3.63) is 42.0 Å². The molecular formula is C20H26N2O3. The highest BCUT2D eigenvalue weighted by atomic mass is 16.5. The monoisotopic (exact) mass is 342 g/mol. The lowest BCUT2D eigenvalue weighted by Gasteiger charge is -2.24. The fourth-order valence-electron chi connectivity index (χ4n) is 3.24. The van der Waals surface area contributed by atoms with Crippen molar-refractivity contribution >= 4 is 16.8 Å². The number of amides is 2. The molecule has 1 saturated heterocycles. The third-order valence-corrected chi connectivity index (χ3v) is 4.75. The van der Waals surface area contributed by atoms with E-state index in [1.807, 2.05) is 32.2 Å². The van der Waals surface area contributed by atoms with Crippen LogP contribution in [0.4, 0.5) is 4.79 Å². The zero-order valence-electron chi connectivity index (χ0n) is 15.1. The SMILES string of the molecule is COc1ccc2cc(CN(C)C(=O)N[C@@H](C)[C@@H]3CCCO3)ccc2c1. The van der Waals surface area contributed by atoms with Crippen molar-refractivity contribution in [1.29, 1.82) is 0 Å². The van der Waals surface area contributed by atoms with E-state index in [9.17, 15) is 4.79 Å². The molecule has 5 nitrogen and oxygen atoms in total. The summed E-state index contributed by atoms with van der Waals surface area (Å²) in [6, 6.07) is 12.2. The zero-order valence-corrected chi connectivity index (χ0v) is 15.1. The minimum Gasteiger partial charge on any atom is -0.497 e. The Hall–Kier alpha value is -2.27. The zero-order chi connectivity index (χ0) is 17.8. The molecule has 5 heteroatoms. The van der Waals surface area contributed by atoms with Gasteiger partial charge in [-0.25, -0.2) is 4.79 Å². The van der Waals surface area contributed by atoms with Crippen molar-refractivity contribution in [1.82, 2.24) is 10.2 Å². The maximum Gasteiger partial charge on any atom is 0.317 e. The van der Waals surface area contributed by atoms with Gasteiger partial charge >= 0.3 is 6.03 Å². The number of rotatable bonds is 5. The largest absolute Gasteiger partial charge is 0.497 e. The standard InChI is InChI=1S/C20H26N2O3/c1-14(19-5-4-10-25-19)21-20(23)22(2)13-15-6-7-17-12-18(24-3)9-8-16(17)11-15/h6-9,11-12,14,19H,4-5,10,13H2,1-3H3,(H,21,23)/t14-,19-/m0/s1. The first-order chi connectivity index (χ1) is 12.1. The molecule has 2 amide bonds. The predicted molar refractivity (Wildman–Crippen MR) is 98.9 cm³/mol. The van der Waals surface area contributed by atoms with E-state index >= 15 is 0 Å². The average Bonchev–Trinajstić information content (AvgIpc) is 3.16. The van der Waals surface area contributed by atoms with Gasteiger partial charge in [0.05, 0.1) is 19.3 Å². The summed E-state index contributed by atoms with van der Waals surface area (Å²) in [6.45, 7) is 3.36. The van der Waals surface area contributed by atoms with Gasteiger partial charge in [-0.05, 0) is 54.3 Å². The third-order valence-electron chi connectivity index (χ3n) is 4.75. The molecule has 1 fully saturated rings. The number of methoxy groups -OCH3 is 1. The van der Waals surface area contributed by atoms with Gasteiger partial charge in [-0.2, -0.15) is 0 Å². The normalized spacial score (nSPS) is 18.1. The second kappa shape index (κ2) is 7.74. The van der Waals surface area contributed by atoms with Crippen LogP contribution < -0.4 is 10.1 Å². The Bertz CT molecular complexity index is 741. The average molecular weight is 342 g/mol. The molecule has 2 aromatic carbocycles. The first kappa shape index (κ1) is 17.5. The van der Waals surface area contributed by atoms with Crippen molar-refractivity contribution in [3.8, 4) is 5.75 Å². The number of carbonyl (C=O) groups excluding carboxylic acids is 1. The molecule has 25 heavy (non-hydrogen) atoms. The van der Waals surface area contributed by atoms with Gasteiger partial charge in [0, 0.05) is 20.2 Å². The Balaban J connectivity index is 1.62. The summed E-state index contributed by atoms with van der Waals surface area (Å²) in [4.78, 5) is 14.1. The number of fused-ring (bicyclic) bond motifs is 1. The summed E-state index contributed by atoms with van der Waals surface area (Å²) in [5.74, 6) is 0.847. The van der Waals surface area contributed by atoms with E-state index in [0.29, 0.717) is 6.54 Å². The van der Waals surface area contributed by atoms with Crippen LogP contribution >= 0.6 is 0 Å². The van der Waals surface area contributed by atoms with Crippen LogP contribution in [0.1, 0.15) is 25.3 Å². The Labute approximate surface area is 148 Å². The van der Waals surface area contributed by atoms with Crippen LogP contribution in [0.3, 0.4) is 0 Å². The van der Waals surface area contributed by atoms with E-state index in [2.05, 4.69) is 23.5 Å². The summed E-state index contributed by atoms with van der Waals surface area (Å²) in [5.41, 5.74) is 1.10. The molecule has 2 aromatic rings. The van der Waals surface area contributed by atoms with E-state index < -0.39 is 0 Å². The van der Waals surface area contributed by atoms with Crippen molar-refractivity contribution in [3.63, 3.8) is 0 Å². The molecule has 134 valence electrons. The smallest absolute Gasteiger partial charge is 0.317 e. The second-order valence-electron chi connectivity index (χ2n) is 6.69. The van der Waals surface area contributed by atoms with Crippen LogP contribution in [0.15, 0.2) is 36.4 Å². The lowest BCUT2D eigenvalue weighted by Crippen LogP contribution is -2.46. The second-order valence-corrected chi connectivity index (χ2v) is 6.69. The Morgan fingerprint density at radius 2 is 2.08 bits per heavy atom. The van der Waals surface area contributed by atoms with Gasteiger partial charge in [0.15, 0.2) is 0 Å². The van der Waals surface area contributed by atoms with Crippen molar-refractivity contribution in [2.24, 2.45) is 0 Å². The maximum atomic E-state index is 12.4. The summed E-state index contributed by atoms with van der Waals surface area (Å²) in [7, 11) is 3.48. The summed E-state index contributed by atoms with van der Waals surface area (Å²) < 4.78 is 10.9. The highest BCUT2D eigenvalue weighted by molar-refractivity contribution is 5.84. The molecular weight excluding hydrogens is 316 g/mol. The molecule has 1 aliphatic rings. The van der Waals surface area contributed by atoms with E-state index in [4.69, 9.17) is 9.47 Å². The predicted octanol–water partition coefficient (Wildman–Crippen LogP) is 3.56. The van der Waals surface area contributed by atoms with Gasteiger partial charge in [-0.1, -0.05) is 18.2 Å². The molecule has 0 unspecified atom stereocenters. The van der Waals surface area contributed by atoms with Gasteiger partial charge < -0.3 is 19.7 Å². The van der Waals surface area contributed by atoms with Crippen molar-refractivity contribution in [2.75, 3.05) is 20.8 Å². The molecule has 0 bridgehead atoms. The minimum atomic E-state index is -0.0715. The van der Waals surface area contributed by atoms with Crippen LogP contribution in [-0.4, -0.2) is 43.8 Å². The fourth-order valence-corrected chi connectivity index (χ4v) is 3.24. The van der Waals surface area contributed by atoms with E-state index in [0.717, 1.165) is 41.5 Å². The quantitative estimate of drug-likeness (QED) is 0.904. The number of urea groups is 1. The number of ether oxygens (including phenoxy) is 2. The highest BCUT2D eigenvalue weighted by Crippen LogP contribution is 2.22. The Morgan fingerprint density at radius 1 is 1.32 bits per heavy atom. The lowest BCUT2D eigenvalue weighted by molar-refractivity contribution is 0.0838. The van der Waals surface area contributed by atoms with Crippen molar-refractivity contribution in [2.45, 2.75) is 38.5 Å². The van der Waals surface area contributed by atoms with Gasteiger partial charge in [-0.3, -0.25) is 0 Å². The number of benzene rings is 2. The van der Waals surface area contributed by atoms with Crippen molar-refractivity contribution < 1.29 is 14.3 Å². The summed E-state index contributed by atoms with van der Waals surface area (Å²) in [5, 5.41) is 5.31. The van der Waals surface area contributed by atoms with Gasteiger partial charge in [0.25, 0.3) is 0 Å². The van der Waals surface area contributed by atoms with Gasteiger partial charge in [0.1, 0.15) is 5.75 Å². The highest BCUT2D eigenvalue weighted by Gasteiger charge is 2.24. The first-order valence-corrected chi connectivity index (χ1v) is 8.77. The fraction of sp³-hybridized carbons (Fsp3) is 0.450. The van der Waals surface area contributed by atoms with Crippen LogP contribution in [0.25, 0.3) is 10.8 Å². The number of hydrogen-bond acceptors (Lipinski definition) is 3. The maximum absolute atomic E-state index is 12.4. The van der Waals surface area contributed by atoms with E-state index in [-0.39, 0.29) is 18.2 Å². The summed E-state index contributed by atoms with van der Waals surface area (Å²) in [6.07, 6.45) is 2.22. The number of hydrogen-bond donors (Lipinski definition) is 1. The molecule has 2 atom stereocenters.